The average Bonchev–Trinajstić information content (AvgIpc) is 2.91. The Morgan fingerprint density at radius 2 is 2.42 bits per heavy atom. The summed E-state index contributed by atoms with van der Waals surface area (Å²) in [6.07, 6.45) is 3.49. The van der Waals surface area contributed by atoms with Crippen LogP contribution in [0.15, 0.2) is 18.2 Å². The Labute approximate surface area is 114 Å². The van der Waals surface area contributed by atoms with Gasteiger partial charge in [-0.1, -0.05) is 13.0 Å². The molecule has 0 saturated carbocycles. The lowest BCUT2D eigenvalue weighted by Gasteiger charge is -2.26. The summed E-state index contributed by atoms with van der Waals surface area (Å²) < 4.78 is 0. The van der Waals surface area contributed by atoms with Crippen LogP contribution >= 0.6 is 0 Å². The predicted octanol–water partition coefficient (Wildman–Crippen LogP) is 1.15. The van der Waals surface area contributed by atoms with Gasteiger partial charge >= 0.3 is 0 Å². The molecule has 0 bridgehead atoms. The van der Waals surface area contributed by atoms with Gasteiger partial charge in [0.1, 0.15) is 11.5 Å². The standard InChI is InChI=1S/C14H22N4O/c1-2-9-18(10-11-5-4-8-16-11)13-7-3-6-12(17-13)14(15)19/h3,6-7,11,16H,2,4-5,8-10H2,1H3,(H2,15,19). The van der Waals surface area contributed by atoms with E-state index in [9.17, 15) is 4.79 Å². The summed E-state index contributed by atoms with van der Waals surface area (Å²) in [5, 5.41) is 3.49. The average molecular weight is 262 g/mol. The number of nitrogens with two attached hydrogens (primary N) is 1. The Bertz CT molecular complexity index is 429. The summed E-state index contributed by atoms with van der Waals surface area (Å²) in [4.78, 5) is 17.8. The van der Waals surface area contributed by atoms with E-state index in [0.29, 0.717) is 11.7 Å². The summed E-state index contributed by atoms with van der Waals surface area (Å²) in [5.41, 5.74) is 5.62. The minimum absolute atomic E-state index is 0.331. The molecule has 2 rings (SSSR count). The van der Waals surface area contributed by atoms with Gasteiger partial charge in [0.15, 0.2) is 0 Å². The number of pyridine rings is 1. The number of nitrogens with one attached hydrogen (secondary N) is 1. The molecule has 1 atom stereocenters. The molecule has 3 N–H and O–H groups in total. The smallest absolute Gasteiger partial charge is 0.267 e. The van der Waals surface area contributed by atoms with Crippen molar-refractivity contribution in [3.63, 3.8) is 0 Å². The van der Waals surface area contributed by atoms with E-state index in [2.05, 4.69) is 22.1 Å². The second-order valence-corrected chi connectivity index (χ2v) is 4.98. The Kier molecular flexibility index (Phi) is 4.74. The maximum atomic E-state index is 11.2. The van der Waals surface area contributed by atoms with E-state index < -0.39 is 5.91 Å². The summed E-state index contributed by atoms with van der Waals surface area (Å²) in [6, 6.07) is 5.96. The molecule has 0 aliphatic carbocycles. The molecule has 1 saturated heterocycles. The summed E-state index contributed by atoms with van der Waals surface area (Å²) in [7, 11) is 0. The third kappa shape index (κ3) is 3.67. The van der Waals surface area contributed by atoms with Crippen molar-refractivity contribution >= 4 is 11.7 Å². The van der Waals surface area contributed by atoms with Gasteiger partial charge in [0.2, 0.25) is 0 Å². The van der Waals surface area contributed by atoms with Gasteiger partial charge in [-0.15, -0.1) is 0 Å². The van der Waals surface area contributed by atoms with E-state index in [-0.39, 0.29) is 0 Å². The van der Waals surface area contributed by atoms with E-state index in [1.807, 2.05) is 12.1 Å². The fourth-order valence-electron chi connectivity index (χ4n) is 2.48. The lowest BCUT2D eigenvalue weighted by Crippen LogP contribution is -2.38. The quantitative estimate of drug-likeness (QED) is 0.806. The van der Waals surface area contributed by atoms with Gasteiger partial charge < -0.3 is 16.0 Å². The van der Waals surface area contributed by atoms with E-state index in [4.69, 9.17) is 5.73 Å². The molecule has 19 heavy (non-hydrogen) atoms. The van der Waals surface area contributed by atoms with Crippen LogP contribution in [0.1, 0.15) is 36.7 Å². The number of nitrogens with zero attached hydrogens (tertiary/aromatic N) is 2. The van der Waals surface area contributed by atoms with E-state index in [1.165, 1.54) is 12.8 Å². The van der Waals surface area contributed by atoms with Gasteiger partial charge in [-0.25, -0.2) is 4.98 Å². The van der Waals surface area contributed by atoms with Crippen molar-refractivity contribution in [2.45, 2.75) is 32.2 Å². The number of anilines is 1. The Hall–Kier alpha value is -1.62. The van der Waals surface area contributed by atoms with Gasteiger partial charge in [-0.05, 0) is 37.9 Å². The molecular weight excluding hydrogens is 240 g/mol. The first-order valence-electron chi connectivity index (χ1n) is 6.96. The van der Waals surface area contributed by atoms with Crippen molar-refractivity contribution in [1.29, 1.82) is 0 Å². The highest BCUT2D eigenvalue weighted by molar-refractivity contribution is 5.91. The van der Waals surface area contributed by atoms with Crippen LogP contribution in [-0.2, 0) is 0 Å². The Morgan fingerprint density at radius 1 is 1.58 bits per heavy atom. The molecule has 1 aliphatic rings. The lowest BCUT2D eigenvalue weighted by molar-refractivity contribution is 0.0995. The molecular formula is C14H22N4O. The number of primary amides is 1. The van der Waals surface area contributed by atoms with Gasteiger partial charge in [0, 0.05) is 19.1 Å². The fraction of sp³-hybridized carbons (Fsp3) is 0.571. The third-order valence-electron chi connectivity index (χ3n) is 3.41. The SMILES string of the molecule is CCCN(CC1CCCN1)c1cccc(C(N)=O)n1. The van der Waals surface area contributed by atoms with Gasteiger partial charge in [-0.2, -0.15) is 0 Å². The van der Waals surface area contributed by atoms with Crippen molar-refractivity contribution in [1.82, 2.24) is 10.3 Å². The molecule has 2 heterocycles. The normalized spacial score (nSPS) is 18.5. The number of aromatic nitrogens is 1. The van der Waals surface area contributed by atoms with Crippen LogP contribution in [0.2, 0.25) is 0 Å². The Balaban J connectivity index is 2.12. The van der Waals surface area contributed by atoms with Crippen molar-refractivity contribution < 1.29 is 4.79 Å². The number of carbonyl (C=O) groups excluding carboxylic acids is 1. The molecule has 5 heteroatoms. The monoisotopic (exact) mass is 262 g/mol. The Morgan fingerprint density at radius 3 is 3.05 bits per heavy atom. The highest BCUT2D eigenvalue weighted by atomic mass is 16.1. The molecule has 5 nitrogen and oxygen atoms in total. The second kappa shape index (κ2) is 6.52. The molecule has 0 spiro atoms. The summed E-state index contributed by atoms with van der Waals surface area (Å²) >= 11 is 0. The first-order chi connectivity index (χ1) is 9.20. The van der Waals surface area contributed by atoms with Crippen LogP contribution in [0.25, 0.3) is 0 Å². The number of rotatable bonds is 6. The predicted molar refractivity (Wildman–Crippen MR) is 76.3 cm³/mol. The van der Waals surface area contributed by atoms with E-state index in [0.717, 1.165) is 31.9 Å². The highest BCUT2D eigenvalue weighted by Crippen LogP contribution is 2.15. The zero-order valence-electron chi connectivity index (χ0n) is 11.4. The molecule has 104 valence electrons. The molecule has 0 radical (unpaired) electrons. The van der Waals surface area contributed by atoms with Crippen LogP contribution in [0.5, 0.6) is 0 Å². The first kappa shape index (κ1) is 13.8. The maximum Gasteiger partial charge on any atom is 0.267 e. The van der Waals surface area contributed by atoms with Crippen molar-refractivity contribution in [2.24, 2.45) is 5.73 Å². The maximum absolute atomic E-state index is 11.2. The molecule has 1 amide bonds. The number of hydrogen-bond acceptors (Lipinski definition) is 4. The van der Waals surface area contributed by atoms with Crippen LogP contribution in [0.3, 0.4) is 0 Å². The minimum Gasteiger partial charge on any atom is -0.364 e. The summed E-state index contributed by atoms with van der Waals surface area (Å²) in [6.45, 7) is 5.11. The van der Waals surface area contributed by atoms with Crippen molar-refractivity contribution in [2.75, 3.05) is 24.5 Å². The molecule has 1 unspecified atom stereocenters. The molecule has 1 aromatic rings. The van der Waals surface area contributed by atoms with Crippen LogP contribution in [0, 0.1) is 0 Å². The van der Waals surface area contributed by atoms with Crippen LogP contribution in [0.4, 0.5) is 5.82 Å². The summed E-state index contributed by atoms with van der Waals surface area (Å²) in [5.74, 6) is 0.365. The fourth-order valence-corrected chi connectivity index (χ4v) is 2.48. The first-order valence-corrected chi connectivity index (χ1v) is 6.96. The van der Waals surface area contributed by atoms with Gasteiger partial charge in [0.05, 0.1) is 0 Å². The molecule has 1 aromatic heterocycles. The van der Waals surface area contributed by atoms with Crippen molar-refractivity contribution in [3.05, 3.63) is 23.9 Å². The zero-order chi connectivity index (χ0) is 13.7. The van der Waals surface area contributed by atoms with Crippen LogP contribution < -0.4 is 16.0 Å². The van der Waals surface area contributed by atoms with Gasteiger partial charge in [0.25, 0.3) is 5.91 Å². The van der Waals surface area contributed by atoms with E-state index >= 15 is 0 Å². The molecule has 1 aliphatic heterocycles. The number of hydrogen-bond donors (Lipinski definition) is 2. The van der Waals surface area contributed by atoms with Crippen LogP contribution in [-0.4, -0.2) is 36.6 Å². The topological polar surface area (TPSA) is 71.2 Å². The second-order valence-electron chi connectivity index (χ2n) is 4.98. The largest absolute Gasteiger partial charge is 0.364 e. The number of carbonyl (C=O) groups is 1. The minimum atomic E-state index is -0.475. The zero-order valence-corrected chi connectivity index (χ0v) is 11.4. The van der Waals surface area contributed by atoms with Crippen molar-refractivity contribution in [3.8, 4) is 0 Å². The number of amides is 1. The van der Waals surface area contributed by atoms with Gasteiger partial charge in [-0.3, -0.25) is 4.79 Å². The molecule has 0 aromatic carbocycles. The highest BCUT2D eigenvalue weighted by Gasteiger charge is 2.18. The molecule has 1 fully saturated rings. The third-order valence-corrected chi connectivity index (χ3v) is 3.41. The van der Waals surface area contributed by atoms with E-state index in [1.54, 1.807) is 6.07 Å². The lowest BCUT2D eigenvalue weighted by atomic mass is 10.2.